The molecule has 0 radical (unpaired) electrons. The first-order chi connectivity index (χ1) is 14.4. The zero-order chi connectivity index (χ0) is 21.6. The third-order valence-electron chi connectivity index (χ3n) is 4.98. The molecule has 3 rings (SSSR count). The molecule has 0 spiro atoms. The molecule has 1 aromatic heterocycles. The predicted octanol–water partition coefficient (Wildman–Crippen LogP) is 4.62. The maximum atomic E-state index is 12.7. The molecule has 9 heteroatoms. The number of thiazole rings is 1. The summed E-state index contributed by atoms with van der Waals surface area (Å²) in [4.78, 5) is 10.6. The number of aromatic nitrogens is 1. The van der Waals surface area contributed by atoms with Crippen LogP contribution >= 0.6 is 11.3 Å². The average Bonchev–Trinajstić information content (AvgIpc) is 3.40. The molecular weight excluding hydrogens is 411 g/mol. The van der Waals surface area contributed by atoms with Gasteiger partial charge in [0.25, 0.3) is 0 Å². The number of aliphatic imine (C=N–C) groups is 1. The molecule has 2 N–H and O–H groups in total. The van der Waals surface area contributed by atoms with E-state index in [0.29, 0.717) is 30.5 Å². The highest BCUT2D eigenvalue weighted by Crippen LogP contribution is 2.30. The highest BCUT2D eigenvalue weighted by atomic mass is 32.1. The minimum atomic E-state index is -4.40. The first-order valence-corrected chi connectivity index (χ1v) is 11.2. The average molecular weight is 440 g/mol. The number of hydrogen-bond donors (Lipinski definition) is 2. The first-order valence-electron chi connectivity index (χ1n) is 10.3. The third-order valence-corrected chi connectivity index (χ3v) is 5.89. The van der Waals surface area contributed by atoms with Crippen LogP contribution in [0.2, 0.25) is 0 Å². The van der Waals surface area contributed by atoms with Gasteiger partial charge < -0.3 is 15.5 Å². The number of benzene rings is 1. The van der Waals surface area contributed by atoms with Crippen molar-refractivity contribution in [1.29, 1.82) is 0 Å². The Labute approximate surface area is 179 Å². The lowest BCUT2D eigenvalue weighted by molar-refractivity contribution is -0.140. The van der Waals surface area contributed by atoms with Gasteiger partial charge in [0, 0.05) is 43.7 Å². The van der Waals surface area contributed by atoms with Crippen LogP contribution in [0.4, 0.5) is 18.9 Å². The third kappa shape index (κ3) is 6.10. The van der Waals surface area contributed by atoms with Gasteiger partial charge in [-0.25, -0.2) is 4.98 Å². The fraction of sp³-hybridized carbons (Fsp3) is 0.524. The van der Waals surface area contributed by atoms with Crippen molar-refractivity contribution in [3.05, 3.63) is 45.9 Å². The smallest absolute Gasteiger partial charge is 0.372 e. The van der Waals surface area contributed by atoms with Crippen LogP contribution in [0.5, 0.6) is 0 Å². The van der Waals surface area contributed by atoms with E-state index in [1.807, 2.05) is 6.92 Å². The SMILES string of the molecule is CCNC(=NCCc1nc(C(F)(F)F)cs1)NC(C)c1cccc(N2CCCC2)c1. The van der Waals surface area contributed by atoms with Crippen molar-refractivity contribution in [3.8, 4) is 0 Å². The molecule has 0 bridgehead atoms. The Morgan fingerprint density at radius 1 is 1.30 bits per heavy atom. The molecule has 0 saturated carbocycles. The Morgan fingerprint density at radius 3 is 2.73 bits per heavy atom. The number of nitrogens with one attached hydrogen (secondary N) is 2. The second-order valence-corrected chi connectivity index (χ2v) is 8.23. The van der Waals surface area contributed by atoms with E-state index < -0.39 is 11.9 Å². The Kier molecular flexibility index (Phi) is 7.58. The molecule has 1 saturated heterocycles. The molecule has 0 amide bonds. The highest BCUT2D eigenvalue weighted by Gasteiger charge is 2.33. The van der Waals surface area contributed by atoms with Gasteiger partial charge >= 0.3 is 6.18 Å². The van der Waals surface area contributed by atoms with E-state index in [-0.39, 0.29) is 6.04 Å². The van der Waals surface area contributed by atoms with Crippen molar-refractivity contribution in [2.24, 2.45) is 4.99 Å². The van der Waals surface area contributed by atoms with E-state index in [0.717, 1.165) is 29.8 Å². The zero-order valence-electron chi connectivity index (χ0n) is 17.3. The van der Waals surface area contributed by atoms with E-state index in [1.54, 1.807) is 0 Å². The van der Waals surface area contributed by atoms with Crippen LogP contribution in [0.25, 0.3) is 0 Å². The van der Waals surface area contributed by atoms with Crippen LogP contribution < -0.4 is 15.5 Å². The standard InChI is InChI=1S/C21H28F3N5S/c1-3-25-20(26-10-9-19-28-18(14-30-19)21(22,23)24)27-15(2)16-7-6-8-17(13-16)29-11-4-5-12-29/h6-8,13-15H,3-5,9-12H2,1-2H3,(H2,25,26,27). The molecule has 164 valence electrons. The minimum absolute atomic E-state index is 0.0436. The quantitative estimate of drug-likeness (QED) is 0.488. The maximum Gasteiger partial charge on any atom is 0.434 e. The summed E-state index contributed by atoms with van der Waals surface area (Å²) in [6.45, 7) is 7.31. The van der Waals surface area contributed by atoms with E-state index in [4.69, 9.17) is 0 Å². The Morgan fingerprint density at radius 2 is 2.07 bits per heavy atom. The number of alkyl halides is 3. The normalized spacial score (nSPS) is 16.0. The molecule has 2 heterocycles. The molecule has 1 unspecified atom stereocenters. The van der Waals surface area contributed by atoms with Gasteiger partial charge in [-0.1, -0.05) is 12.1 Å². The summed E-state index contributed by atoms with van der Waals surface area (Å²) in [6.07, 6.45) is -1.55. The van der Waals surface area contributed by atoms with Crippen LogP contribution in [0, 0.1) is 0 Å². The predicted molar refractivity (Wildman–Crippen MR) is 116 cm³/mol. The molecule has 0 aliphatic carbocycles. The van der Waals surface area contributed by atoms with Gasteiger partial charge in [0.1, 0.15) is 0 Å². The minimum Gasteiger partial charge on any atom is -0.372 e. The molecule has 1 fully saturated rings. The van der Waals surface area contributed by atoms with Gasteiger partial charge in [-0.3, -0.25) is 4.99 Å². The van der Waals surface area contributed by atoms with E-state index in [2.05, 4.69) is 56.7 Å². The Bertz CT molecular complexity index is 843. The molecule has 1 aliphatic heterocycles. The van der Waals surface area contributed by atoms with E-state index in [9.17, 15) is 13.2 Å². The summed E-state index contributed by atoms with van der Waals surface area (Å²) in [5.41, 5.74) is 1.58. The number of hydrogen-bond acceptors (Lipinski definition) is 4. The molecule has 1 aromatic carbocycles. The highest BCUT2D eigenvalue weighted by molar-refractivity contribution is 7.09. The van der Waals surface area contributed by atoms with E-state index in [1.165, 1.54) is 24.1 Å². The summed E-state index contributed by atoms with van der Waals surface area (Å²) < 4.78 is 38.0. The monoisotopic (exact) mass is 439 g/mol. The van der Waals surface area contributed by atoms with Crippen LogP contribution in [0.1, 0.15) is 49.0 Å². The Balaban J connectivity index is 1.60. The van der Waals surface area contributed by atoms with Crippen LogP contribution in [0.3, 0.4) is 0 Å². The lowest BCUT2D eigenvalue weighted by atomic mass is 10.1. The summed E-state index contributed by atoms with van der Waals surface area (Å²) in [6, 6.07) is 8.56. The molecule has 30 heavy (non-hydrogen) atoms. The molecule has 5 nitrogen and oxygen atoms in total. The molecule has 1 aliphatic rings. The van der Waals surface area contributed by atoms with Crippen molar-refractivity contribution < 1.29 is 13.2 Å². The first kappa shape index (κ1) is 22.4. The van der Waals surface area contributed by atoms with Crippen molar-refractivity contribution >= 4 is 23.0 Å². The summed E-state index contributed by atoms with van der Waals surface area (Å²) >= 11 is 1.02. The number of halogens is 3. The van der Waals surface area contributed by atoms with Gasteiger partial charge in [-0.15, -0.1) is 11.3 Å². The topological polar surface area (TPSA) is 52.6 Å². The van der Waals surface area contributed by atoms with Gasteiger partial charge in [-0.05, 0) is 44.4 Å². The van der Waals surface area contributed by atoms with Crippen molar-refractivity contribution in [3.63, 3.8) is 0 Å². The van der Waals surface area contributed by atoms with Crippen LogP contribution in [-0.4, -0.2) is 37.1 Å². The van der Waals surface area contributed by atoms with Crippen molar-refractivity contribution in [1.82, 2.24) is 15.6 Å². The lowest BCUT2D eigenvalue weighted by Crippen LogP contribution is -2.39. The van der Waals surface area contributed by atoms with Gasteiger partial charge in [0.2, 0.25) is 0 Å². The van der Waals surface area contributed by atoms with Gasteiger partial charge in [0.05, 0.1) is 11.0 Å². The number of anilines is 1. The lowest BCUT2D eigenvalue weighted by Gasteiger charge is -2.22. The molecule has 2 aromatic rings. The van der Waals surface area contributed by atoms with Crippen LogP contribution in [0.15, 0.2) is 34.6 Å². The summed E-state index contributed by atoms with van der Waals surface area (Å²) in [5, 5.41) is 8.08. The largest absolute Gasteiger partial charge is 0.434 e. The second kappa shape index (κ2) is 10.1. The number of guanidine groups is 1. The maximum absolute atomic E-state index is 12.7. The summed E-state index contributed by atoms with van der Waals surface area (Å²) in [7, 11) is 0. The molecular formula is C21H28F3N5S. The fourth-order valence-corrected chi connectivity index (χ4v) is 4.19. The zero-order valence-corrected chi connectivity index (χ0v) is 18.1. The molecule has 1 atom stereocenters. The van der Waals surface area contributed by atoms with Crippen LogP contribution in [-0.2, 0) is 12.6 Å². The summed E-state index contributed by atoms with van der Waals surface area (Å²) in [5.74, 6) is 0.643. The number of rotatable bonds is 7. The number of nitrogens with zero attached hydrogens (tertiary/aromatic N) is 3. The van der Waals surface area contributed by atoms with Crippen molar-refractivity contribution in [2.75, 3.05) is 31.1 Å². The van der Waals surface area contributed by atoms with Gasteiger partial charge in [0.15, 0.2) is 11.7 Å². The second-order valence-electron chi connectivity index (χ2n) is 7.29. The fourth-order valence-electron chi connectivity index (χ4n) is 3.39. The van der Waals surface area contributed by atoms with E-state index >= 15 is 0 Å². The Hall–Kier alpha value is -2.29. The van der Waals surface area contributed by atoms with Gasteiger partial charge in [-0.2, -0.15) is 13.2 Å². The van der Waals surface area contributed by atoms with Crippen molar-refractivity contribution in [2.45, 2.75) is 45.3 Å².